The maximum atomic E-state index is 9.44. The second-order valence-corrected chi connectivity index (χ2v) is 2.45. The third kappa shape index (κ3) is 874. The molecular weight excluding hydrogens is 170 g/mol. The van der Waals surface area contributed by atoms with Gasteiger partial charge in [0, 0.05) is 0 Å². The third-order valence-electron chi connectivity index (χ3n) is 0. The Hall–Kier alpha value is 0.780. The van der Waals surface area contributed by atoms with Crippen molar-refractivity contribution in [3.8, 4) is 0 Å². The van der Waals surface area contributed by atoms with Gasteiger partial charge in [-0.15, -0.1) is 0 Å². The van der Waals surface area contributed by atoms with Gasteiger partial charge in [-0.1, -0.05) is 0 Å². The summed E-state index contributed by atoms with van der Waals surface area (Å²) in [6.07, 6.45) is 0. The van der Waals surface area contributed by atoms with Crippen molar-refractivity contribution in [1.29, 1.82) is 0 Å². The molecule has 58 valence electrons. The van der Waals surface area contributed by atoms with Crippen LogP contribution in [0.5, 0.6) is 0 Å². The number of ketones is 1. The van der Waals surface area contributed by atoms with Crippen molar-refractivity contribution in [1.82, 2.24) is 0 Å². The van der Waals surface area contributed by atoms with Gasteiger partial charge in [0.05, 0.1) is 0 Å². The molecule has 0 aromatic heterocycles. The SMILES string of the molecule is CC(C)=O.O=P(O)(O)O.[H-].[Na+]. The van der Waals surface area contributed by atoms with Crippen molar-refractivity contribution in [2.24, 2.45) is 0 Å². The smallest absolute Gasteiger partial charge is 1.00 e. The first kappa shape index (κ1) is 17.0. The van der Waals surface area contributed by atoms with Gasteiger partial charge in [0.2, 0.25) is 0 Å². The second kappa shape index (κ2) is 7.88. The predicted molar refractivity (Wildman–Crippen MR) is 31.7 cm³/mol. The molecule has 0 amide bonds. The number of Topliss-reactive ketones (excluding diaryl/α,β-unsaturated/α-hetero) is 1. The molecule has 0 aliphatic rings. The minimum Gasteiger partial charge on any atom is -1.00 e. The van der Waals surface area contributed by atoms with E-state index in [-0.39, 0.29) is 36.8 Å². The Bertz CT molecular complexity index is 121. The van der Waals surface area contributed by atoms with Gasteiger partial charge in [-0.05, 0) is 13.8 Å². The van der Waals surface area contributed by atoms with Crippen LogP contribution in [0.15, 0.2) is 0 Å². The van der Waals surface area contributed by atoms with E-state index in [0.717, 1.165) is 0 Å². The van der Waals surface area contributed by atoms with Crippen LogP contribution in [0.2, 0.25) is 0 Å². The predicted octanol–water partition coefficient (Wildman–Crippen LogP) is -3.22. The average Bonchev–Trinajstić information content (AvgIpc) is 1.19. The largest absolute Gasteiger partial charge is 1.00 e. The van der Waals surface area contributed by atoms with Crippen LogP contribution in [-0.4, -0.2) is 20.5 Å². The maximum absolute atomic E-state index is 9.44. The minimum atomic E-state index is -4.64. The first-order valence-corrected chi connectivity index (χ1v) is 3.55. The Morgan fingerprint density at radius 1 is 1.30 bits per heavy atom. The number of phosphoric acid groups is 1. The summed E-state index contributed by atoms with van der Waals surface area (Å²) in [5.41, 5.74) is 0. The number of rotatable bonds is 0. The van der Waals surface area contributed by atoms with E-state index in [1.165, 1.54) is 13.8 Å². The van der Waals surface area contributed by atoms with E-state index in [2.05, 4.69) is 0 Å². The molecule has 0 rings (SSSR count). The van der Waals surface area contributed by atoms with Gasteiger partial charge in [-0.3, -0.25) is 0 Å². The minimum absolute atomic E-state index is 0. The van der Waals surface area contributed by atoms with Crippen LogP contribution in [0.3, 0.4) is 0 Å². The summed E-state index contributed by atoms with van der Waals surface area (Å²) in [5, 5.41) is 0. The molecule has 0 saturated carbocycles. The standard InChI is InChI=1S/C3H6O.Na.H3O4P.H/c1-3(2)4;;1-5(2,3)4;/h1-2H3;;(H3,1,2,3,4);/q;+1;;-1. The summed E-state index contributed by atoms with van der Waals surface area (Å²) in [7, 11) is -4.64. The fraction of sp³-hybridized carbons (Fsp3) is 0.667. The Kier molecular flexibility index (Phi) is 13.4. The molecule has 0 aliphatic heterocycles. The summed E-state index contributed by atoms with van der Waals surface area (Å²) >= 11 is 0. The molecule has 0 atom stereocenters. The van der Waals surface area contributed by atoms with Crippen molar-refractivity contribution in [2.45, 2.75) is 13.8 Å². The van der Waals surface area contributed by atoms with Crippen molar-refractivity contribution < 1.29 is 55.0 Å². The summed E-state index contributed by atoms with van der Waals surface area (Å²) < 4.78 is 8.88. The van der Waals surface area contributed by atoms with Crippen molar-refractivity contribution in [2.75, 3.05) is 0 Å². The Morgan fingerprint density at radius 2 is 1.30 bits per heavy atom. The third-order valence-corrected chi connectivity index (χ3v) is 0. The maximum Gasteiger partial charge on any atom is 1.00 e. The number of hydrogen-bond acceptors (Lipinski definition) is 2. The van der Waals surface area contributed by atoms with E-state index >= 15 is 0 Å². The van der Waals surface area contributed by atoms with Gasteiger partial charge in [0.1, 0.15) is 5.78 Å². The van der Waals surface area contributed by atoms with Gasteiger partial charge in [-0.25, -0.2) is 4.57 Å². The Labute approximate surface area is 82.5 Å². The van der Waals surface area contributed by atoms with Crippen LogP contribution in [0, 0.1) is 0 Å². The molecule has 0 spiro atoms. The van der Waals surface area contributed by atoms with E-state index in [1.54, 1.807) is 0 Å². The topological polar surface area (TPSA) is 94.8 Å². The molecular formula is C3H10NaO5P. The summed E-state index contributed by atoms with van der Waals surface area (Å²) in [6.45, 7) is 3.06. The van der Waals surface area contributed by atoms with Crippen LogP contribution in [0.1, 0.15) is 15.3 Å². The number of hydrogen-bond donors (Lipinski definition) is 3. The van der Waals surface area contributed by atoms with Crippen molar-refractivity contribution in [3.63, 3.8) is 0 Å². The first-order valence-electron chi connectivity index (χ1n) is 1.99. The molecule has 0 radical (unpaired) electrons. The molecule has 0 aliphatic carbocycles. The van der Waals surface area contributed by atoms with E-state index in [0.29, 0.717) is 0 Å². The Morgan fingerprint density at radius 3 is 1.30 bits per heavy atom. The first-order chi connectivity index (χ1) is 3.73. The average molecular weight is 180 g/mol. The molecule has 7 heteroatoms. The molecule has 0 fully saturated rings. The summed E-state index contributed by atoms with van der Waals surface area (Å²) in [6, 6.07) is 0. The van der Waals surface area contributed by atoms with E-state index in [4.69, 9.17) is 19.2 Å². The Balaban J connectivity index is -0.0000000383. The fourth-order valence-electron chi connectivity index (χ4n) is 0. The van der Waals surface area contributed by atoms with Crippen molar-refractivity contribution >= 4 is 13.6 Å². The zero-order chi connectivity index (χ0) is 8.08. The number of carbonyl (C=O) groups is 1. The molecule has 0 saturated heterocycles. The molecule has 0 bridgehead atoms. The molecule has 0 unspecified atom stereocenters. The summed E-state index contributed by atoms with van der Waals surface area (Å²) in [5.74, 6) is 0.167. The molecule has 5 nitrogen and oxygen atoms in total. The van der Waals surface area contributed by atoms with Crippen LogP contribution in [-0.2, 0) is 9.36 Å². The zero-order valence-electron chi connectivity index (χ0n) is 7.11. The molecule has 3 N–H and O–H groups in total. The van der Waals surface area contributed by atoms with Gasteiger partial charge in [-0.2, -0.15) is 0 Å². The van der Waals surface area contributed by atoms with Crippen LogP contribution in [0.25, 0.3) is 0 Å². The summed E-state index contributed by atoms with van der Waals surface area (Å²) in [4.78, 5) is 31.0. The van der Waals surface area contributed by atoms with E-state index in [9.17, 15) is 4.79 Å². The fourth-order valence-corrected chi connectivity index (χ4v) is 0. The normalized spacial score (nSPS) is 8.50. The number of carbonyl (C=O) groups excluding carboxylic acids is 1. The van der Waals surface area contributed by atoms with Crippen molar-refractivity contribution in [3.05, 3.63) is 0 Å². The molecule has 0 heterocycles. The van der Waals surface area contributed by atoms with Gasteiger partial charge < -0.3 is 20.9 Å². The van der Waals surface area contributed by atoms with Gasteiger partial charge in [0.15, 0.2) is 0 Å². The van der Waals surface area contributed by atoms with E-state index in [1.807, 2.05) is 0 Å². The van der Waals surface area contributed by atoms with Crippen LogP contribution >= 0.6 is 7.82 Å². The van der Waals surface area contributed by atoms with Gasteiger partial charge in [0.25, 0.3) is 0 Å². The van der Waals surface area contributed by atoms with Crippen LogP contribution < -0.4 is 29.6 Å². The van der Waals surface area contributed by atoms with E-state index < -0.39 is 7.82 Å². The van der Waals surface area contributed by atoms with Gasteiger partial charge >= 0.3 is 37.4 Å². The zero-order valence-corrected chi connectivity index (χ0v) is 9.00. The molecule has 10 heavy (non-hydrogen) atoms. The second-order valence-electron chi connectivity index (χ2n) is 1.42. The van der Waals surface area contributed by atoms with Crippen LogP contribution in [0.4, 0.5) is 0 Å². The molecule has 0 aromatic carbocycles. The monoisotopic (exact) mass is 180 g/mol. The quantitative estimate of drug-likeness (QED) is 0.269. The molecule has 0 aromatic rings.